The summed E-state index contributed by atoms with van der Waals surface area (Å²) in [6.07, 6.45) is 2.70. The highest BCUT2D eigenvalue weighted by atomic mass is 32.2. The molecule has 1 amide bonds. The number of carbonyl (C=O) groups excluding carboxylic acids is 1. The number of benzene rings is 1. The highest BCUT2D eigenvalue weighted by Gasteiger charge is 2.19. The van der Waals surface area contributed by atoms with Crippen LogP contribution in [-0.2, 0) is 6.42 Å². The Morgan fingerprint density at radius 3 is 2.72 bits per heavy atom. The number of aryl methyl sites for hydroxylation is 1. The molecule has 3 aromatic rings. The van der Waals surface area contributed by atoms with Gasteiger partial charge in [0.2, 0.25) is 0 Å². The van der Waals surface area contributed by atoms with Gasteiger partial charge < -0.3 is 4.90 Å². The summed E-state index contributed by atoms with van der Waals surface area (Å²) in [5, 5.41) is 7.19. The molecule has 0 unspecified atom stereocenters. The molecule has 0 saturated carbocycles. The molecule has 1 aromatic carbocycles. The standard InChI is InChI=1S/C20H19F3N4OS/c1-27(19(28)16-5-2-10-24-18(16)29-20(22)23)11-3-4-15-12-17(26-25-15)13-6-8-14(21)9-7-13/h2,5-10,12,20H,3-4,11H2,1H3,(H,25,26). The Morgan fingerprint density at radius 2 is 2.00 bits per heavy atom. The Bertz CT molecular complexity index is 962. The van der Waals surface area contributed by atoms with Crippen LogP contribution in [-0.4, -0.2) is 45.3 Å². The molecule has 0 aliphatic rings. The molecule has 152 valence electrons. The second kappa shape index (κ2) is 9.60. The van der Waals surface area contributed by atoms with Gasteiger partial charge in [-0.2, -0.15) is 13.9 Å². The third-order valence-corrected chi connectivity index (χ3v) is 4.99. The quantitative estimate of drug-likeness (QED) is 0.540. The summed E-state index contributed by atoms with van der Waals surface area (Å²) in [6.45, 7) is 0.442. The lowest BCUT2D eigenvalue weighted by Gasteiger charge is -2.18. The largest absolute Gasteiger partial charge is 0.342 e. The fraction of sp³-hybridized carbons (Fsp3) is 0.250. The third-order valence-electron chi connectivity index (χ3n) is 4.26. The minimum atomic E-state index is -2.64. The van der Waals surface area contributed by atoms with Gasteiger partial charge in [0.25, 0.3) is 11.7 Å². The number of nitrogens with one attached hydrogen (secondary N) is 1. The average molecular weight is 420 g/mol. The van der Waals surface area contributed by atoms with Crippen LogP contribution in [0.5, 0.6) is 0 Å². The first-order valence-electron chi connectivity index (χ1n) is 8.89. The smallest absolute Gasteiger partial charge is 0.290 e. The van der Waals surface area contributed by atoms with Crippen LogP contribution in [0.3, 0.4) is 0 Å². The molecule has 0 saturated heterocycles. The summed E-state index contributed by atoms with van der Waals surface area (Å²) in [4.78, 5) is 18.0. The van der Waals surface area contributed by atoms with Gasteiger partial charge in [-0.1, -0.05) is 0 Å². The van der Waals surface area contributed by atoms with Crippen molar-refractivity contribution in [2.75, 3.05) is 13.6 Å². The number of aromatic amines is 1. The van der Waals surface area contributed by atoms with Gasteiger partial charge in [0.05, 0.1) is 11.3 Å². The summed E-state index contributed by atoms with van der Waals surface area (Å²) in [5.74, 6) is -3.30. The number of amides is 1. The van der Waals surface area contributed by atoms with Gasteiger partial charge >= 0.3 is 0 Å². The molecule has 0 bridgehead atoms. The van der Waals surface area contributed by atoms with Gasteiger partial charge in [-0.3, -0.25) is 9.89 Å². The van der Waals surface area contributed by atoms with Crippen molar-refractivity contribution in [1.29, 1.82) is 0 Å². The number of alkyl halides is 2. The van der Waals surface area contributed by atoms with Crippen molar-refractivity contribution in [3.63, 3.8) is 0 Å². The molecule has 5 nitrogen and oxygen atoms in total. The summed E-state index contributed by atoms with van der Waals surface area (Å²) >= 11 is 0.264. The number of carbonyl (C=O) groups is 1. The van der Waals surface area contributed by atoms with E-state index in [2.05, 4.69) is 15.2 Å². The maximum absolute atomic E-state index is 13.0. The second-order valence-corrected chi connectivity index (χ2v) is 7.33. The Kier molecular flexibility index (Phi) is 6.92. The molecule has 0 atom stereocenters. The molecule has 2 aromatic heterocycles. The summed E-state index contributed by atoms with van der Waals surface area (Å²) < 4.78 is 38.4. The number of halogens is 3. The number of thioether (sulfide) groups is 1. The van der Waals surface area contributed by atoms with E-state index in [1.165, 1.54) is 29.3 Å². The minimum Gasteiger partial charge on any atom is -0.342 e. The van der Waals surface area contributed by atoms with Crippen molar-refractivity contribution in [3.8, 4) is 11.3 Å². The van der Waals surface area contributed by atoms with E-state index in [9.17, 15) is 18.0 Å². The highest BCUT2D eigenvalue weighted by Crippen LogP contribution is 2.27. The van der Waals surface area contributed by atoms with Crippen molar-refractivity contribution in [2.45, 2.75) is 23.6 Å². The normalized spacial score (nSPS) is 11.1. The average Bonchev–Trinajstić information content (AvgIpc) is 3.17. The maximum Gasteiger partial charge on any atom is 0.290 e. The summed E-state index contributed by atoms with van der Waals surface area (Å²) in [5.41, 5.74) is 2.58. The lowest BCUT2D eigenvalue weighted by molar-refractivity contribution is 0.0789. The van der Waals surface area contributed by atoms with E-state index in [1.807, 2.05) is 6.07 Å². The summed E-state index contributed by atoms with van der Waals surface area (Å²) in [6, 6.07) is 11.0. The van der Waals surface area contributed by atoms with Gasteiger partial charge in [-0.05, 0) is 67.1 Å². The fourth-order valence-electron chi connectivity index (χ4n) is 2.80. The molecule has 9 heteroatoms. The van der Waals surface area contributed by atoms with E-state index in [0.29, 0.717) is 25.1 Å². The fourth-order valence-corrected chi connectivity index (χ4v) is 3.38. The van der Waals surface area contributed by atoms with Crippen LogP contribution in [0.4, 0.5) is 13.2 Å². The molecular weight excluding hydrogens is 401 g/mol. The van der Waals surface area contributed by atoms with E-state index in [4.69, 9.17) is 0 Å². The number of H-pyrrole nitrogens is 1. The molecule has 1 N–H and O–H groups in total. The van der Waals surface area contributed by atoms with Crippen molar-refractivity contribution >= 4 is 17.7 Å². The minimum absolute atomic E-state index is 0.0249. The molecule has 0 radical (unpaired) electrons. The van der Waals surface area contributed by atoms with Crippen LogP contribution in [0, 0.1) is 5.82 Å². The number of hydrogen-bond donors (Lipinski definition) is 1. The van der Waals surface area contributed by atoms with Gasteiger partial charge in [0.15, 0.2) is 0 Å². The van der Waals surface area contributed by atoms with Crippen molar-refractivity contribution in [1.82, 2.24) is 20.1 Å². The van der Waals surface area contributed by atoms with Crippen LogP contribution in [0.25, 0.3) is 11.3 Å². The molecular formula is C20H19F3N4OS. The number of aromatic nitrogens is 3. The Hall–Kier alpha value is -2.81. The first kappa shape index (κ1) is 20.9. The van der Waals surface area contributed by atoms with Crippen molar-refractivity contribution in [2.24, 2.45) is 0 Å². The molecule has 0 aliphatic heterocycles. The van der Waals surface area contributed by atoms with Gasteiger partial charge in [-0.25, -0.2) is 9.37 Å². The number of nitrogens with zero attached hydrogens (tertiary/aromatic N) is 3. The van der Waals surface area contributed by atoms with Gasteiger partial charge in [0.1, 0.15) is 10.8 Å². The molecule has 2 heterocycles. The zero-order valence-corrected chi connectivity index (χ0v) is 16.4. The van der Waals surface area contributed by atoms with Crippen molar-refractivity contribution in [3.05, 3.63) is 65.7 Å². The molecule has 0 spiro atoms. The lowest BCUT2D eigenvalue weighted by Crippen LogP contribution is -2.28. The van der Waals surface area contributed by atoms with Crippen LogP contribution in [0.1, 0.15) is 22.5 Å². The van der Waals surface area contributed by atoms with Gasteiger partial charge in [-0.15, -0.1) is 0 Å². The SMILES string of the molecule is CN(CCCc1cc(-c2ccc(F)cc2)n[nH]1)C(=O)c1cccnc1SC(F)F. The van der Waals surface area contributed by atoms with E-state index in [1.54, 1.807) is 25.2 Å². The van der Waals surface area contributed by atoms with Crippen LogP contribution < -0.4 is 0 Å². The Morgan fingerprint density at radius 1 is 1.24 bits per heavy atom. The van der Waals surface area contributed by atoms with E-state index < -0.39 is 5.76 Å². The van der Waals surface area contributed by atoms with Crippen LogP contribution in [0.2, 0.25) is 0 Å². The first-order valence-corrected chi connectivity index (χ1v) is 9.77. The van der Waals surface area contributed by atoms with E-state index in [-0.39, 0.29) is 34.1 Å². The number of rotatable bonds is 8. The lowest BCUT2D eigenvalue weighted by atomic mass is 10.1. The molecule has 3 rings (SSSR count). The molecule has 0 fully saturated rings. The van der Waals surface area contributed by atoms with Crippen LogP contribution >= 0.6 is 11.8 Å². The monoisotopic (exact) mass is 420 g/mol. The van der Waals surface area contributed by atoms with Crippen LogP contribution in [0.15, 0.2) is 53.7 Å². The third kappa shape index (κ3) is 5.60. The Balaban J connectivity index is 1.56. The van der Waals surface area contributed by atoms with Gasteiger partial charge in [0, 0.05) is 31.0 Å². The Labute approximate surface area is 170 Å². The predicted molar refractivity (Wildman–Crippen MR) is 105 cm³/mol. The first-order chi connectivity index (χ1) is 13.9. The van der Waals surface area contributed by atoms with E-state index in [0.717, 1.165) is 11.3 Å². The van der Waals surface area contributed by atoms with Crippen molar-refractivity contribution < 1.29 is 18.0 Å². The van der Waals surface area contributed by atoms with E-state index >= 15 is 0 Å². The zero-order valence-electron chi connectivity index (χ0n) is 15.6. The zero-order chi connectivity index (χ0) is 20.8. The molecule has 0 aliphatic carbocycles. The predicted octanol–water partition coefficient (Wildman–Crippen LogP) is 4.63. The maximum atomic E-state index is 13.0. The number of pyridine rings is 1. The topological polar surface area (TPSA) is 61.9 Å². The highest BCUT2D eigenvalue weighted by molar-refractivity contribution is 7.99. The summed E-state index contributed by atoms with van der Waals surface area (Å²) in [7, 11) is 1.63. The second-order valence-electron chi connectivity index (χ2n) is 6.35. The number of hydrogen-bond acceptors (Lipinski definition) is 4. The molecule has 29 heavy (non-hydrogen) atoms.